The first-order valence-corrected chi connectivity index (χ1v) is 9.07. The van der Waals surface area contributed by atoms with Crippen LogP contribution < -0.4 is 0 Å². The summed E-state index contributed by atoms with van der Waals surface area (Å²) in [6.07, 6.45) is 3.15. The summed E-state index contributed by atoms with van der Waals surface area (Å²) in [6, 6.07) is 13.8. The number of hydrogen-bond donors (Lipinski definition) is 0. The lowest BCUT2D eigenvalue weighted by Gasteiger charge is -2.34. The predicted octanol–water partition coefficient (Wildman–Crippen LogP) is 3.76. The van der Waals surface area contributed by atoms with Crippen LogP contribution in [0.5, 0.6) is 0 Å². The summed E-state index contributed by atoms with van der Waals surface area (Å²) in [6.45, 7) is 4.23. The highest BCUT2D eigenvalue weighted by Crippen LogP contribution is 2.19. The summed E-state index contributed by atoms with van der Waals surface area (Å²) in [5.74, 6) is -0.356. The van der Waals surface area contributed by atoms with Gasteiger partial charge in [-0.1, -0.05) is 35.9 Å². The highest BCUT2D eigenvalue weighted by Gasteiger charge is 2.18. The van der Waals surface area contributed by atoms with Crippen molar-refractivity contribution in [3.8, 4) is 0 Å². The highest BCUT2D eigenvalue weighted by molar-refractivity contribution is 6.30. The molecule has 2 aromatic rings. The smallest absolute Gasteiger partial charge is 0.280 e. The van der Waals surface area contributed by atoms with E-state index in [9.17, 15) is 14.9 Å². The van der Waals surface area contributed by atoms with E-state index in [0.29, 0.717) is 0 Å². The van der Waals surface area contributed by atoms with Crippen LogP contribution in [-0.4, -0.2) is 46.7 Å². The first kappa shape index (κ1) is 19.1. The molecule has 6 nitrogen and oxygen atoms in total. The van der Waals surface area contributed by atoms with E-state index in [2.05, 4.69) is 9.80 Å². The second-order valence-electron chi connectivity index (χ2n) is 6.39. The van der Waals surface area contributed by atoms with Crippen molar-refractivity contribution in [3.05, 3.63) is 87.1 Å². The number of piperazine rings is 1. The molecular weight excluding hydrogens is 366 g/mol. The van der Waals surface area contributed by atoms with E-state index in [4.69, 9.17) is 11.6 Å². The fraction of sp³-hybridized carbons (Fsp3) is 0.250. The number of carbonyl (C=O) groups is 1. The Morgan fingerprint density at radius 2 is 1.74 bits per heavy atom. The standard InChI is InChI=1S/C20H20ClN3O3/c21-17-7-5-16(6-8-17)15-23-13-11-22(12-14-23)10-9-20(25)18-3-1-2-4-19(18)24(26)27/h1-10H,11-15H2. The summed E-state index contributed by atoms with van der Waals surface area (Å²) in [7, 11) is 0. The molecule has 140 valence electrons. The minimum Gasteiger partial charge on any atom is -0.375 e. The zero-order valence-electron chi connectivity index (χ0n) is 14.8. The second kappa shape index (κ2) is 8.79. The first-order valence-electron chi connectivity index (χ1n) is 8.70. The van der Waals surface area contributed by atoms with Crippen molar-refractivity contribution >= 4 is 23.1 Å². The molecule has 1 aliphatic heterocycles. The second-order valence-corrected chi connectivity index (χ2v) is 6.83. The van der Waals surface area contributed by atoms with E-state index in [1.807, 2.05) is 24.3 Å². The Labute approximate surface area is 162 Å². The van der Waals surface area contributed by atoms with Gasteiger partial charge in [0.05, 0.1) is 10.5 Å². The lowest BCUT2D eigenvalue weighted by molar-refractivity contribution is -0.385. The average Bonchev–Trinajstić information content (AvgIpc) is 2.69. The topological polar surface area (TPSA) is 66.7 Å². The molecular formula is C20H20ClN3O3. The Morgan fingerprint density at radius 3 is 2.41 bits per heavy atom. The molecule has 1 saturated heterocycles. The number of benzene rings is 2. The minimum absolute atomic E-state index is 0.111. The van der Waals surface area contributed by atoms with E-state index in [-0.39, 0.29) is 17.0 Å². The summed E-state index contributed by atoms with van der Waals surface area (Å²) in [5.41, 5.74) is 1.16. The maximum atomic E-state index is 12.3. The predicted molar refractivity (Wildman–Crippen MR) is 105 cm³/mol. The molecule has 1 aliphatic rings. The summed E-state index contributed by atoms with van der Waals surface area (Å²) in [5, 5.41) is 11.8. The molecule has 0 N–H and O–H groups in total. The molecule has 0 radical (unpaired) electrons. The van der Waals surface area contributed by atoms with Crippen molar-refractivity contribution in [2.45, 2.75) is 6.54 Å². The number of nitro groups is 1. The van der Waals surface area contributed by atoms with Gasteiger partial charge in [0.2, 0.25) is 0 Å². The number of para-hydroxylation sites is 1. The number of nitrogens with zero attached hydrogens (tertiary/aromatic N) is 3. The molecule has 0 bridgehead atoms. The third-order valence-electron chi connectivity index (χ3n) is 4.53. The molecule has 1 fully saturated rings. The average molecular weight is 386 g/mol. The van der Waals surface area contributed by atoms with Gasteiger partial charge in [0, 0.05) is 56.1 Å². The zero-order valence-corrected chi connectivity index (χ0v) is 15.5. The summed E-state index contributed by atoms with van der Waals surface area (Å²) < 4.78 is 0. The van der Waals surface area contributed by atoms with Crippen molar-refractivity contribution in [2.75, 3.05) is 26.2 Å². The quantitative estimate of drug-likeness (QED) is 0.328. The van der Waals surface area contributed by atoms with Gasteiger partial charge in [-0.05, 0) is 23.8 Å². The third-order valence-corrected chi connectivity index (χ3v) is 4.78. The Balaban J connectivity index is 1.53. The number of halogens is 1. The summed E-state index contributed by atoms with van der Waals surface area (Å²) in [4.78, 5) is 27.2. The van der Waals surface area contributed by atoms with Crippen LogP contribution in [0.15, 0.2) is 60.8 Å². The molecule has 0 aliphatic carbocycles. The van der Waals surface area contributed by atoms with Gasteiger partial charge in [-0.2, -0.15) is 0 Å². The minimum atomic E-state index is -0.531. The van der Waals surface area contributed by atoms with Gasteiger partial charge in [0.25, 0.3) is 5.69 Å². The molecule has 7 heteroatoms. The number of allylic oxidation sites excluding steroid dienone is 1. The molecule has 27 heavy (non-hydrogen) atoms. The maximum Gasteiger partial charge on any atom is 0.280 e. The summed E-state index contributed by atoms with van der Waals surface area (Å²) >= 11 is 5.91. The molecule has 0 atom stereocenters. The molecule has 0 saturated carbocycles. The van der Waals surface area contributed by atoms with Crippen molar-refractivity contribution < 1.29 is 9.72 Å². The first-order chi connectivity index (χ1) is 13.0. The third kappa shape index (κ3) is 5.15. The van der Waals surface area contributed by atoms with Crippen LogP contribution >= 0.6 is 11.6 Å². The van der Waals surface area contributed by atoms with Crippen LogP contribution in [0.25, 0.3) is 0 Å². The van der Waals surface area contributed by atoms with Crippen LogP contribution in [0.4, 0.5) is 5.69 Å². The number of carbonyl (C=O) groups excluding carboxylic acids is 1. The number of ketones is 1. The largest absolute Gasteiger partial charge is 0.375 e. The van der Waals surface area contributed by atoms with Gasteiger partial charge in [-0.3, -0.25) is 19.8 Å². The van der Waals surface area contributed by atoms with Gasteiger partial charge < -0.3 is 4.90 Å². The van der Waals surface area contributed by atoms with E-state index in [1.54, 1.807) is 18.3 Å². The van der Waals surface area contributed by atoms with Gasteiger partial charge >= 0.3 is 0 Å². The van der Waals surface area contributed by atoms with Gasteiger partial charge in [0.15, 0.2) is 5.78 Å². The van der Waals surface area contributed by atoms with Crippen LogP contribution in [0.2, 0.25) is 5.02 Å². The van der Waals surface area contributed by atoms with E-state index < -0.39 is 4.92 Å². The fourth-order valence-corrected chi connectivity index (χ4v) is 3.15. The molecule has 2 aromatic carbocycles. The Bertz CT molecular complexity index is 844. The number of hydrogen-bond acceptors (Lipinski definition) is 5. The van der Waals surface area contributed by atoms with Crippen molar-refractivity contribution in [1.29, 1.82) is 0 Å². The number of nitro benzene ring substituents is 1. The van der Waals surface area contributed by atoms with Gasteiger partial charge in [-0.25, -0.2) is 0 Å². The van der Waals surface area contributed by atoms with Crippen molar-refractivity contribution in [1.82, 2.24) is 9.80 Å². The van der Waals surface area contributed by atoms with E-state index in [1.165, 1.54) is 23.8 Å². The van der Waals surface area contributed by atoms with Gasteiger partial charge in [-0.15, -0.1) is 0 Å². The van der Waals surface area contributed by atoms with Gasteiger partial charge in [0.1, 0.15) is 0 Å². The lowest BCUT2D eigenvalue weighted by atomic mass is 10.1. The molecule has 0 spiro atoms. The zero-order chi connectivity index (χ0) is 19.2. The molecule has 1 heterocycles. The normalized spacial score (nSPS) is 15.2. The van der Waals surface area contributed by atoms with Crippen LogP contribution in [0.1, 0.15) is 15.9 Å². The molecule has 3 rings (SSSR count). The van der Waals surface area contributed by atoms with Crippen LogP contribution in [0.3, 0.4) is 0 Å². The SMILES string of the molecule is O=C(C=CN1CCN(Cc2ccc(Cl)cc2)CC1)c1ccccc1[N+](=O)[O-]. The molecule has 0 aromatic heterocycles. The van der Waals surface area contributed by atoms with Crippen molar-refractivity contribution in [3.63, 3.8) is 0 Å². The van der Waals surface area contributed by atoms with Crippen LogP contribution in [-0.2, 0) is 6.54 Å². The molecule has 0 unspecified atom stereocenters. The monoisotopic (exact) mass is 385 g/mol. The maximum absolute atomic E-state index is 12.3. The Hall–Kier alpha value is -2.70. The Kier molecular flexibility index (Phi) is 6.21. The Morgan fingerprint density at radius 1 is 1.07 bits per heavy atom. The van der Waals surface area contributed by atoms with Crippen molar-refractivity contribution in [2.24, 2.45) is 0 Å². The highest BCUT2D eigenvalue weighted by atomic mass is 35.5. The number of rotatable bonds is 6. The fourth-order valence-electron chi connectivity index (χ4n) is 3.02. The van der Waals surface area contributed by atoms with E-state index >= 15 is 0 Å². The van der Waals surface area contributed by atoms with Crippen LogP contribution in [0, 0.1) is 10.1 Å². The lowest BCUT2D eigenvalue weighted by Crippen LogP contribution is -2.43. The molecule has 0 amide bonds. The van der Waals surface area contributed by atoms with E-state index in [0.717, 1.165) is 37.7 Å².